The van der Waals surface area contributed by atoms with Crippen LogP contribution in [0.5, 0.6) is 0 Å². The van der Waals surface area contributed by atoms with Crippen molar-refractivity contribution in [1.29, 1.82) is 0 Å². The van der Waals surface area contributed by atoms with Crippen molar-refractivity contribution in [3.05, 3.63) is 0 Å². The summed E-state index contributed by atoms with van der Waals surface area (Å²) in [6.45, 7) is 11.0. The van der Waals surface area contributed by atoms with Crippen LogP contribution in [0.4, 0.5) is 4.79 Å². The molecule has 0 bridgehead atoms. The van der Waals surface area contributed by atoms with Gasteiger partial charge in [-0.05, 0) is 41.5 Å². The van der Waals surface area contributed by atoms with Gasteiger partial charge in [-0.3, -0.25) is 0 Å². The van der Waals surface area contributed by atoms with E-state index in [1.54, 1.807) is 20.8 Å². The lowest BCUT2D eigenvalue weighted by molar-refractivity contribution is -0.0612. The second-order valence-corrected chi connectivity index (χ2v) is 5.69. The minimum Gasteiger partial charge on any atom is -0.429 e. The topological polar surface area (TPSA) is 57.3 Å². The summed E-state index contributed by atoms with van der Waals surface area (Å²) >= 11 is 0. The van der Waals surface area contributed by atoms with E-state index in [0.29, 0.717) is 0 Å². The zero-order valence-corrected chi connectivity index (χ0v) is 10.7. The van der Waals surface area contributed by atoms with E-state index in [0.717, 1.165) is 0 Å². The molecule has 0 aromatic rings. The van der Waals surface area contributed by atoms with Crippen molar-refractivity contribution in [2.45, 2.75) is 65.3 Å². The third-order valence-electron chi connectivity index (χ3n) is 1.49. The van der Waals surface area contributed by atoms with Crippen molar-refractivity contribution in [1.82, 2.24) is 0 Å². The van der Waals surface area contributed by atoms with Crippen LogP contribution in [0, 0.1) is 0 Å². The summed E-state index contributed by atoms with van der Waals surface area (Å²) in [6, 6.07) is 0. The highest BCUT2D eigenvalue weighted by Gasteiger charge is 2.47. The standard InChI is InChI=1S/C11H20O5/c1-10(2,3)15-8-7(13-8)14-9(12)16-11(4,5)6/h7-8H,1-6H3. The van der Waals surface area contributed by atoms with Crippen molar-refractivity contribution >= 4 is 6.16 Å². The van der Waals surface area contributed by atoms with Gasteiger partial charge < -0.3 is 18.9 Å². The van der Waals surface area contributed by atoms with Crippen LogP contribution < -0.4 is 0 Å². The lowest BCUT2D eigenvalue weighted by Crippen LogP contribution is -2.27. The van der Waals surface area contributed by atoms with Crippen LogP contribution in [0.3, 0.4) is 0 Å². The SMILES string of the molecule is CC(C)(C)OC(=O)OC1OC1OC(C)(C)C. The van der Waals surface area contributed by atoms with Gasteiger partial charge in [0, 0.05) is 0 Å². The van der Waals surface area contributed by atoms with Gasteiger partial charge >= 0.3 is 6.16 Å². The molecular formula is C11H20O5. The van der Waals surface area contributed by atoms with Crippen LogP contribution >= 0.6 is 0 Å². The molecule has 0 saturated carbocycles. The second kappa shape index (κ2) is 4.22. The van der Waals surface area contributed by atoms with E-state index in [2.05, 4.69) is 0 Å². The van der Waals surface area contributed by atoms with E-state index >= 15 is 0 Å². The Bertz CT molecular complexity index is 261. The smallest absolute Gasteiger partial charge is 0.429 e. The van der Waals surface area contributed by atoms with Crippen LogP contribution in [0.2, 0.25) is 0 Å². The molecule has 0 radical (unpaired) electrons. The average Bonchev–Trinajstić information content (AvgIpc) is 2.57. The van der Waals surface area contributed by atoms with Gasteiger partial charge in [0.2, 0.25) is 6.29 Å². The third-order valence-corrected chi connectivity index (χ3v) is 1.49. The van der Waals surface area contributed by atoms with E-state index in [1.165, 1.54) is 0 Å². The van der Waals surface area contributed by atoms with Gasteiger partial charge in [-0.2, -0.15) is 0 Å². The summed E-state index contributed by atoms with van der Waals surface area (Å²) in [4.78, 5) is 11.2. The van der Waals surface area contributed by atoms with Gasteiger partial charge in [0.15, 0.2) is 0 Å². The van der Waals surface area contributed by atoms with Crippen molar-refractivity contribution in [3.63, 3.8) is 0 Å². The molecule has 5 nitrogen and oxygen atoms in total. The number of hydrogen-bond acceptors (Lipinski definition) is 5. The van der Waals surface area contributed by atoms with Crippen molar-refractivity contribution < 1.29 is 23.7 Å². The van der Waals surface area contributed by atoms with Crippen LogP contribution in [0.15, 0.2) is 0 Å². The molecule has 1 aliphatic heterocycles. The molecule has 16 heavy (non-hydrogen) atoms. The molecular weight excluding hydrogens is 212 g/mol. The Morgan fingerprint density at radius 2 is 1.56 bits per heavy atom. The highest BCUT2D eigenvalue weighted by Crippen LogP contribution is 2.29. The number of carbonyl (C=O) groups is 1. The highest BCUT2D eigenvalue weighted by molar-refractivity contribution is 5.60. The molecule has 94 valence electrons. The minimum absolute atomic E-state index is 0.323. The molecule has 0 spiro atoms. The summed E-state index contributed by atoms with van der Waals surface area (Å²) in [7, 11) is 0. The Kier molecular flexibility index (Phi) is 3.50. The molecule has 0 amide bonds. The molecule has 1 saturated heterocycles. The number of hydrogen-bond donors (Lipinski definition) is 0. The highest BCUT2D eigenvalue weighted by atomic mass is 16.9. The van der Waals surface area contributed by atoms with Gasteiger partial charge in [0.25, 0.3) is 6.29 Å². The largest absolute Gasteiger partial charge is 0.511 e. The quantitative estimate of drug-likeness (QED) is 0.540. The number of epoxide rings is 1. The number of ether oxygens (including phenoxy) is 4. The Morgan fingerprint density at radius 1 is 1.00 bits per heavy atom. The Hall–Kier alpha value is -0.810. The van der Waals surface area contributed by atoms with Gasteiger partial charge in [0.05, 0.1) is 5.60 Å². The lowest BCUT2D eigenvalue weighted by Gasteiger charge is -2.19. The number of carbonyl (C=O) groups excluding carboxylic acids is 1. The molecule has 2 atom stereocenters. The first-order valence-electron chi connectivity index (χ1n) is 5.30. The second-order valence-electron chi connectivity index (χ2n) is 5.69. The number of rotatable bonds is 2. The molecule has 0 aromatic carbocycles. The van der Waals surface area contributed by atoms with Crippen LogP contribution in [-0.4, -0.2) is 29.9 Å². The van der Waals surface area contributed by atoms with Crippen LogP contribution in [0.1, 0.15) is 41.5 Å². The fourth-order valence-electron chi connectivity index (χ4n) is 0.971. The summed E-state index contributed by atoms with van der Waals surface area (Å²) in [5.41, 5.74) is -0.886. The lowest BCUT2D eigenvalue weighted by atomic mass is 10.2. The molecule has 1 aliphatic rings. The normalized spacial score (nSPS) is 25.1. The van der Waals surface area contributed by atoms with Crippen molar-refractivity contribution in [3.8, 4) is 0 Å². The monoisotopic (exact) mass is 232 g/mol. The maximum absolute atomic E-state index is 11.2. The van der Waals surface area contributed by atoms with E-state index in [9.17, 15) is 4.79 Å². The van der Waals surface area contributed by atoms with Gasteiger partial charge in [-0.15, -0.1) is 0 Å². The molecule has 2 unspecified atom stereocenters. The first-order valence-corrected chi connectivity index (χ1v) is 5.30. The summed E-state index contributed by atoms with van der Waals surface area (Å²) in [6.07, 6.45) is -1.86. The first-order chi connectivity index (χ1) is 7.07. The predicted molar refractivity (Wildman–Crippen MR) is 56.8 cm³/mol. The predicted octanol–water partition coefficient (Wildman–Crippen LogP) is 2.44. The fourth-order valence-corrected chi connectivity index (χ4v) is 0.971. The third kappa shape index (κ3) is 5.32. The zero-order chi connectivity index (χ0) is 12.6. The summed E-state index contributed by atoms with van der Waals surface area (Å²) in [5, 5.41) is 0. The minimum atomic E-state index is -0.738. The Morgan fingerprint density at radius 3 is 2.00 bits per heavy atom. The van der Waals surface area contributed by atoms with Gasteiger partial charge in [-0.1, -0.05) is 0 Å². The molecule has 0 N–H and O–H groups in total. The van der Waals surface area contributed by atoms with Gasteiger partial charge in [0.1, 0.15) is 5.60 Å². The van der Waals surface area contributed by atoms with E-state index in [1.807, 2.05) is 20.8 Å². The molecule has 0 aromatic heterocycles. The Labute approximate surface area is 96.0 Å². The maximum Gasteiger partial charge on any atom is 0.511 e. The summed E-state index contributed by atoms with van der Waals surface area (Å²) < 4.78 is 20.3. The molecule has 1 rings (SSSR count). The average molecular weight is 232 g/mol. The molecule has 5 heteroatoms. The van der Waals surface area contributed by atoms with E-state index in [-0.39, 0.29) is 5.60 Å². The van der Waals surface area contributed by atoms with Crippen LogP contribution in [-0.2, 0) is 18.9 Å². The fraction of sp³-hybridized carbons (Fsp3) is 0.909. The summed E-state index contributed by atoms with van der Waals surface area (Å²) in [5.74, 6) is 0. The molecule has 1 heterocycles. The van der Waals surface area contributed by atoms with Gasteiger partial charge in [-0.25, -0.2) is 4.79 Å². The molecule has 0 aliphatic carbocycles. The van der Waals surface area contributed by atoms with Crippen molar-refractivity contribution in [2.75, 3.05) is 0 Å². The maximum atomic E-state index is 11.2. The first kappa shape index (κ1) is 13.3. The van der Waals surface area contributed by atoms with Crippen molar-refractivity contribution in [2.24, 2.45) is 0 Å². The van der Waals surface area contributed by atoms with E-state index in [4.69, 9.17) is 18.9 Å². The Balaban J connectivity index is 2.24. The zero-order valence-electron chi connectivity index (χ0n) is 10.7. The van der Waals surface area contributed by atoms with E-state index < -0.39 is 24.3 Å². The molecule has 1 fully saturated rings. The van der Waals surface area contributed by atoms with Crippen LogP contribution in [0.25, 0.3) is 0 Å².